The van der Waals surface area contributed by atoms with Gasteiger partial charge in [0.2, 0.25) is 5.91 Å². The molecule has 0 spiro atoms. The van der Waals surface area contributed by atoms with Crippen LogP contribution in [0.15, 0.2) is 35.3 Å². The van der Waals surface area contributed by atoms with Crippen LogP contribution in [0.3, 0.4) is 0 Å². The Bertz CT molecular complexity index is 626. The number of nitrogens with one attached hydrogen (secondary N) is 3. The van der Waals surface area contributed by atoms with Gasteiger partial charge < -0.3 is 20.5 Å². The van der Waals surface area contributed by atoms with Gasteiger partial charge in [0.25, 0.3) is 0 Å². The van der Waals surface area contributed by atoms with Crippen LogP contribution in [-0.2, 0) is 11.3 Å². The number of hydrogen-bond acceptors (Lipinski definition) is 2. The number of aromatic nitrogens is 1. The topological polar surface area (TPSA) is 72.5 Å². The Hall–Kier alpha value is -2.50. The number of likely N-dealkylation sites (N-methyl/N-ethyl adjacent to an activating group) is 1. The molecule has 0 unspecified atom stereocenters. The highest BCUT2D eigenvalue weighted by atomic mass is 16.2. The van der Waals surface area contributed by atoms with Crippen LogP contribution in [0.4, 0.5) is 0 Å². The van der Waals surface area contributed by atoms with Crippen molar-refractivity contribution in [1.29, 1.82) is 0 Å². The summed E-state index contributed by atoms with van der Waals surface area (Å²) < 4.78 is 0. The summed E-state index contributed by atoms with van der Waals surface area (Å²) in [6, 6.07) is 10.2. The molecule has 6 heteroatoms. The van der Waals surface area contributed by atoms with Crippen molar-refractivity contribution in [2.24, 2.45) is 4.99 Å². The number of amides is 1. The van der Waals surface area contributed by atoms with E-state index in [1.807, 2.05) is 25.1 Å². The molecule has 1 amide bonds. The molecule has 0 aliphatic carbocycles. The highest BCUT2D eigenvalue weighted by Gasteiger charge is 2.05. The first kappa shape index (κ1) is 15.9. The molecule has 0 bridgehead atoms. The Morgan fingerprint density at radius 2 is 2.05 bits per heavy atom. The van der Waals surface area contributed by atoms with Gasteiger partial charge >= 0.3 is 0 Å². The first-order valence-electron chi connectivity index (χ1n) is 7.39. The largest absolute Gasteiger partial charge is 0.357 e. The number of fused-ring (bicyclic) bond motifs is 1. The van der Waals surface area contributed by atoms with Gasteiger partial charge in [-0.05, 0) is 24.4 Å². The van der Waals surface area contributed by atoms with E-state index in [-0.39, 0.29) is 12.5 Å². The van der Waals surface area contributed by atoms with Crippen LogP contribution in [0.5, 0.6) is 0 Å². The van der Waals surface area contributed by atoms with Crippen LogP contribution < -0.4 is 10.6 Å². The summed E-state index contributed by atoms with van der Waals surface area (Å²) in [5, 5.41) is 7.35. The van der Waals surface area contributed by atoms with Crippen LogP contribution in [-0.4, -0.2) is 48.9 Å². The Balaban J connectivity index is 2.01. The van der Waals surface area contributed by atoms with Crippen molar-refractivity contribution in [3.05, 3.63) is 36.0 Å². The minimum atomic E-state index is 0.0104. The van der Waals surface area contributed by atoms with Crippen molar-refractivity contribution in [1.82, 2.24) is 20.5 Å². The second-order valence-corrected chi connectivity index (χ2v) is 5.22. The van der Waals surface area contributed by atoms with Crippen molar-refractivity contribution in [2.45, 2.75) is 13.5 Å². The summed E-state index contributed by atoms with van der Waals surface area (Å²) in [5.41, 5.74) is 2.14. The SMILES string of the molecule is CCNC(=NCc1cc2ccccc2[nH]1)NCC(=O)N(C)C. The number of hydrogen-bond donors (Lipinski definition) is 3. The molecular weight excluding hydrogens is 278 g/mol. The number of carbonyl (C=O) groups excluding carboxylic acids is 1. The second kappa shape index (κ2) is 7.49. The van der Waals surface area contributed by atoms with Crippen molar-refractivity contribution < 1.29 is 4.79 Å². The molecule has 2 rings (SSSR count). The first-order valence-corrected chi connectivity index (χ1v) is 7.39. The Kier molecular flexibility index (Phi) is 5.41. The average molecular weight is 301 g/mol. The van der Waals surface area contributed by atoms with E-state index in [4.69, 9.17) is 0 Å². The lowest BCUT2D eigenvalue weighted by Crippen LogP contribution is -2.42. The molecule has 0 aliphatic heterocycles. The predicted octanol–water partition coefficient (Wildman–Crippen LogP) is 1.31. The number of aliphatic imine (C=N–C) groups is 1. The van der Waals surface area contributed by atoms with Crippen LogP contribution in [0.2, 0.25) is 0 Å². The number of aromatic amines is 1. The van der Waals surface area contributed by atoms with Crippen molar-refractivity contribution in [2.75, 3.05) is 27.2 Å². The smallest absolute Gasteiger partial charge is 0.241 e. The number of rotatable bonds is 5. The van der Waals surface area contributed by atoms with Gasteiger partial charge in [0.1, 0.15) is 0 Å². The van der Waals surface area contributed by atoms with E-state index >= 15 is 0 Å². The molecule has 0 aliphatic rings. The third kappa shape index (κ3) is 4.25. The summed E-state index contributed by atoms with van der Waals surface area (Å²) in [6.45, 7) is 3.49. The van der Waals surface area contributed by atoms with Gasteiger partial charge in [0.15, 0.2) is 5.96 Å². The molecule has 1 aromatic carbocycles. The Labute approximate surface area is 130 Å². The number of para-hydroxylation sites is 1. The van der Waals surface area contributed by atoms with Crippen molar-refractivity contribution in [3.8, 4) is 0 Å². The van der Waals surface area contributed by atoms with Gasteiger partial charge in [-0.15, -0.1) is 0 Å². The first-order chi connectivity index (χ1) is 10.6. The van der Waals surface area contributed by atoms with Crippen molar-refractivity contribution in [3.63, 3.8) is 0 Å². The maximum atomic E-state index is 11.6. The van der Waals surface area contributed by atoms with E-state index < -0.39 is 0 Å². The normalized spacial score (nSPS) is 11.5. The van der Waals surface area contributed by atoms with Gasteiger partial charge in [-0.1, -0.05) is 18.2 Å². The molecule has 0 fully saturated rings. The summed E-state index contributed by atoms with van der Waals surface area (Å²) in [4.78, 5) is 21.0. The van der Waals surface area contributed by atoms with Crippen molar-refractivity contribution >= 4 is 22.8 Å². The molecule has 118 valence electrons. The fraction of sp³-hybridized carbons (Fsp3) is 0.375. The van der Waals surface area contributed by atoms with E-state index in [0.29, 0.717) is 12.5 Å². The summed E-state index contributed by atoms with van der Waals surface area (Å²) in [6.07, 6.45) is 0. The second-order valence-electron chi connectivity index (χ2n) is 5.22. The molecule has 0 saturated heterocycles. The van der Waals surface area contributed by atoms with E-state index in [1.165, 1.54) is 5.39 Å². The van der Waals surface area contributed by atoms with Crippen LogP contribution in [0.1, 0.15) is 12.6 Å². The molecular formula is C16H23N5O. The zero-order chi connectivity index (χ0) is 15.9. The van der Waals surface area contributed by atoms with Crippen LogP contribution in [0.25, 0.3) is 10.9 Å². The van der Waals surface area contributed by atoms with E-state index in [9.17, 15) is 4.79 Å². The molecule has 0 saturated carbocycles. The molecule has 2 aromatic rings. The highest BCUT2D eigenvalue weighted by molar-refractivity contribution is 5.86. The van der Waals surface area contributed by atoms with Crippen LogP contribution >= 0.6 is 0 Å². The summed E-state index contributed by atoms with van der Waals surface area (Å²) >= 11 is 0. The van der Waals surface area contributed by atoms with Gasteiger partial charge in [-0.2, -0.15) is 0 Å². The number of nitrogens with zero attached hydrogens (tertiary/aromatic N) is 2. The summed E-state index contributed by atoms with van der Waals surface area (Å²) in [7, 11) is 3.47. The molecule has 1 heterocycles. The van der Waals surface area contributed by atoms with Gasteiger partial charge in [-0.3, -0.25) is 4.79 Å². The lowest BCUT2D eigenvalue weighted by atomic mass is 10.2. The molecule has 1 aromatic heterocycles. The quantitative estimate of drug-likeness (QED) is 0.576. The molecule has 0 atom stereocenters. The van der Waals surface area contributed by atoms with E-state index in [1.54, 1.807) is 19.0 Å². The Morgan fingerprint density at radius 1 is 1.27 bits per heavy atom. The van der Waals surface area contributed by atoms with Crippen LogP contribution in [0, 0.1) is 0 Å². The zero-order valence-corrected chi connectivity index (χ0v) is 13.3. The minimum Gasteiger partial charge on any atom is -0.357 e. The monoisotopic (exact) mass is 301 g/mol. The lowest BCUT2D eigenvalue weighted by molar-refractivity contribution is -0.127. The van der Waals surface area contributed by atoms with E-state index in [2.05, 4.69) is 32.7 Å². The van der Waals surface area contributed by atoms with Gasteiger partial charge in [0, 0.05) is 31.9 Å². The number of H-pyrrole nitrogens is 1. The van der Waals surface area contributed by atoms with E-state index in [0.717, 1.165) is 17.8 Å². The zero-order valence-electron chi connectivity index (χ0n) is 13.3. The third-order valence-electron chi connectivity index (χ3n) is 3.24. The maximum absolute atomic E-state index is 11.6. The fourth-order valence-electron chi connectivity index (χ4n) is 2.04. The number of benzene rings is 1. The average Bonchev–Trinajstić information content (AvgIpc) is 2.92. The highest BCUT2D eigenvalue weighted by Crippen LogP contribution is 2.14. The number of carbonyl (C=O) groups is 1. The summed E-state index contributed by atoms with van der Waals surface area (Å²) in [5.74, 6) is 0.646. The maximum Gasteiger partial charge on any atom is 0.241 e. The molecule has 3 N–H and O–H groups in total. The van der Waals surface area contributed by atoms with Gasteiger partial charge in [-0.25, -0.2) is 4.99 Å². The standard InChI is InChI=1S/C16H23N5O/c1-4-17-16(19-11-15(22)21(2)3)18-10-13-9-12-7-5-6-8-14(12)20-13/h5-9,20H,4,10-11H2,1-3H3,(H2,17,18,19). The predicted molar refractivity (Wildman–Crippen MR) is 89.8 cm³/mol. The number of guanidine groups is 1. The molecule has 6 nitrogen and oxygen atoms in total. The van der Waals surface area contributed by atoms with Gasteiger partial charge in [0.05, 0.1) is 13.1 Å². The fourth-order valence-corrected chi connectivity index (χ4v) is 2.04. The Morgan fingerprint density at radius 3 is 2.73 bits per heavy atom. The molecule has 0 radical (unpaired) electrons. The molecule has 22 heavy (non-hydrogen) atoms. The lowest BCUT2D eigenvalue weighted by Gasteiger charge is -2.13. The minimum absolute atomic E-state index is 0.0104. The third-order valence-corrected chi connectivity index (χ3v) is 3.24.